The van der Waals surface area contributed by atoms with Crippen LogP contribution in [-0.2, 0) is 0 Å². The number of allylic oxidation sites excluding steroid dienone is 1. The summed E-state index contributed by atoms with van der Waals surface area (Å²) in [6.07, 6.45) is 10.7. The van der Waals surface area contributed by atoms with Crippen molar-refractivity contribution >= 4 is 0 Å². The summed E-state index contributed by atoms with van der Waals surface area (Å²) in [5, 5.41) is 0. The Morgan fingerprint density at radius 3 is 1.71 bits per heavy atom. The normalized spacial score (nSPS) is 27.1. The van der Waals surface area contributed by atoms with Crippen LogP contribution < -0.4 is 4.74 Å². The van der Waals surface area contributed by atoms with Crippen molar-refractivity contribution in [1.82, 2.24) is 0 Å². The first-order chi connectivity index (χ1) is 14.7. The van der Waals surface area contributed by atoms with Gasteiger partial charge in [-0.25, -0.2) is 8.78 Å². The maximum absolute atomic E-state index is 14.0. The van der Waals surface area contributed by atoms with Crippen LogP contribution in [-0.4, -0.2) is 6.36 Å². The number of benzene rings is 1. The molecular weight excluding hydrogens is 411 g/mol. The molecule has 0 aromatic heterocycles. The summed E-state index contributed by atoms with van der Waals surface area (Å²) in [6.45, 7) is 3.81. The van der Waals surface area contributed by atoms with Crippen molar-refractivity contribution < 1.29 is 26.7 Å². The van der Waals surface area contributed by atoms with Crippen LogP contribution in [0.5, 0.6) is 5.75 Å². The molecule has 0 N–H and O–H groups in total. The van der Waals surface area contributed by atoms with Crippen molar-refractivity contribution in [3.8, 4) is 5.75 Å². The van der Waals surface area contributed by atoms with Crippen LogP contribution in [0, 0.1) is 29.4 Å². The zero-order valence-corrected chi connectivity index (χ0v) is 18.0. The minimum absolute atomic E-state index is 0.0134. The Labute approximate surface area is 182 Å². The summed E-state index contributed by atoms with van der Waals surface area (Å²) in [7, 11) is 0. The van der Waals surface area contributed by atoms with Crippen molar-refractivity contribution in [3.63, 3.8) is 0 Å². The van der Waals surface area contributed by atoms with E-state index in [0.717, 1.165) is 56.1 Å². The molecule has 0 unspecified atom stereocenters. The maximum Gasteiger partial charge on any atom is 0.573 e. The molecular formula is C25H33F5O. The van der Waals surface area contributed by atoms with Gasteiger partial charge in [0.2, 0.25) is 5.75 Å². The van der Waals surface area contributed by atoms with Crippen LogP contribution in [0.25, 0.3) is 0 Å². The molecule has 2 fully saturated rings. The molecule has 0 aliphatic heterocycles. The maximum atomic E-state index is 14.0. The Kier molecular flexibility index (Phi) is 8.40. The fourth-order valence-corrected chi connectivity index (χ4v) is 5.45. The van der Waals surface area contributed by atoms with E-state index in [0.29, 0.717) is 11.5 Å². The van der Waals surface area contributed by atoms with Gasteiger partial charge in [-0.1, -0.05) is 44.6 Å². The predicted octanol–water partition coefficient (Wildman–Crippen LogP) is 8.69. The summed E-state index contributed by atoms with van der Waals surface area (Å²) in [6, 6.07) is 2.00. The van der Waals surface area contributed by atoms with Gasteiger partial charge in [-0.3, -0.25) is 0 Å². The highest BCUT2D eigenvalue weighted by Gasteiger charge is 2.35. The highest BCUT2D eigenvalue weighted by atomic mass is 19.4. The van der Waals surface area contributed by atoms with Crippen LogP contribution in [0.3, 0.4) is 0 Å². The van der Waals surface area contributed by atoms with Crippen molar-refractivity contribution in [1.29, 1.82) is 0 Å². The molecule has 0 radical (unpaired) electrons. The average molecular weight is 445 g/mol. The number of ether oxygens (including phenoxy) is 1. The highest BCUT2D eigenvalue weighted by molar-refractivity contribution is 5.33. The molecule has 2 saturated carbocycles. The number of hydrogen-bond acceptors (Lipinski definition) is 1. The Morgan fingerprint density at radius 2 is 1.26 bits per heavy atom. The SMILES string of the molecule is C=CCC[C@H]1CC[C@H](CC[C@H]2CC[C@H](c3cc(F)c(OC(F)(F)F)c(F)c3)CC2)CC1. The number of rotatable bonds is 8. The standard InChI is InChI=1S/C25H33F5O/c1-2-3-4-17-5-7-18(8-6-17)9-10-19-11-13-20(14-12-19)21-15-22(26)24(23(27)16-21)31-25(28,29)30/h2,15-20H,1,3-14H2/t17-,18-,19-,20-. The van der Waals surface area contributed by atoms with Crippen LogP contribution in [0.2, 0.25) is 0 Å². The van der Waals surface area contributed by atoms with Gasteiger partial charge >= 0.3 is 6.36 Å². The molecule has 2 aliphatic carbocycles. The van der Waals surface area contributed by atoms with E-state index in [1.54, 1.807) is 0 Å². The molecule has 6 heteroatoms. The third kappa shape index (κ3) is 7.21. The zero-order valence-electron chi connectivity index (χ0n) is 18.0. The molecule has 3 rings (SSSR count). The average Bonchev–Trinajstić information content (AvgIpc) is 2.73. The predicted molar refractivity (Wildman–Crippen MR) is 112 cm³/mol. The molecule has 174 valence electrons. The molecule has 0 saturated heterocycles. The van der Waals surface area contributed by atoms with Gasteiger partial charge in [-0.2, -0.15) is 0 Å². The topological polar surface area (TPSA) is 9.23 Å². The molecule has 0 bridgehead atoms. The Hall–Kier alpha value is -1.59. The van der Waals surface area contributed by atoms with Crippen molar-refractivity contribution in [2.45, 2.75) is 89.3 Å². The van der Waals surface area contributed by atoms with Crippen LogP contribution in [0.4, 0.5) is 22.0 Å². The van der Waals surface area contributed by atoms with E-state index in [1.165, 1.54) is 44.9 Å². The summed E-state index contributed by atoms with van der Waals surface area (Å²) in [5.41, 5.74) is 0.431. The molecule has 1 aromatic carbocycles. The van der Waals surface area contributed by atoms with Crippen LogP contribution in [0.15, 0.2) is 24.8 Å². The van der Waals surface area contributed by atoms with Gasteiger partial charge in [0.1, 0.15) is 0 Å². The number of halogens is 5. The molecule has 0 spiro atoms. The van der Waals surface area contributed by atoms with Gasteiger partial charge in [-0.05, 0) is 79.9 Å². The fourth-order valence-electron chi connectivity index (χ4n) is 5.45. The van der Waals surface area contributed by atoms with E-state index in [4.69, 9.17) is 0 Å². The van der Waals surface area contributed by atoms with Gasteiger partial charge < -0.3 is 4.74 Å². The van der Waals surface area contributed by atoms with E-state index in [2.05, 4.69) is 11.3 Å². The van der Waals surface area contributed by atoms with Gasteiger partial charge in [0.15, 0.2) is 11.6 Å². The molecule has 0 heterocycles. The summed E-state index contributed by atoms with van der Waals surface area (Å²) >= 11 is 0. The summed E-state index contributed by atoms with van der Waals surface area (Å²) in [5.74, 6) is -1.65. The van der Waals surface area contributed by atoms with E-state index in [1.807, 2.05) is 6.08 Å². The van der Waals surface area contributed by atoms with Crippen LogP contribution >= 0.6 is 0 Å². The van der Waals surface area contributed by atoms with E-state index >= 15 is 0 Å². The Bertz CT molecular complexity index is 690. The summed E-state index contributed by atoms with van der Waals surface area (Å²) in [4.78, 5) is 0. The largest absolute Gasteiger partial charge is 0.573 e. The van der Waals surface area contributed by atoms with Gasteiger partial charge in [0.05, 0.1) is 0 Å². The lowest BCUT2D eigenvalue weighted by atomic mass is 9.74. The number of hydrogen-bond donors (Lipinski definition) is 0. The first-order valence-electron chi connectivity index (χ1n) is 11.6. The Balaban J connectivity index is 1.43. The first kappa shape index (κ1) is 24.1. The third-order valence-corrected chi connectivity index (χ3v) is 7.29. The lowest BCUT2D eigenvalue weighted by Crippen LogP contribution is -2.20. The smallest absolute Gasteiger partial charge is 0.399 e. The molecule has 0 atom stereocenters. The van der Waals surface area contributed by atoms with Gasteiger partial charge in [-0.15, -0.1) is 19.8 Å². The van der Waals surface area contributed by atoms with Crippen LogP contribution in [0.1, 0.15) is 88.5 Å². The monoisotopic (exact) mass is 444 g/mol. The molecule has 31 heavy (non-hydrogen) atoms. The van der Waals surface area contributed by atoms with E-state index in [-0.39, 0.29) is 5.92 Å². The zero-order chi connectivity index (χ0) is 22.4. The minimum atomic E-state index is -5.12. The second kappa shape index (κ2) is 10.8. The molecule has 1 aromatic rings. The first-order valence-corrected chi connectivity index (χ1v) is 11.6. The van der Waals surface area contributed by atoms with Crippen molar-refractivity contribution in [2.75, 3.05) is 0 Å². The van der Waals surface area contributed by atoms with E-state index < -0.39 is 23.7 Å². The van der Waals surface area contributed by atoms with Crippen molar-refractivity contribution in [3.05, 3.63) is 42.0 Å². The molecule has 1 nitrogen and oxygen atoms in total. The third-order valence-electron chi connectivity index (χ3n) is 7.29. The molecule has 0 amide bonds. The quantitative estimate of drug-likeness (QED) is 0.288. The minimum Gasteiger partial charge on any atom is -0.399 e. The van der Waals surface area contributed by atoms with E-state index in [9.17, 15) is 22.0 Å². The second-order valence-electron chi connectivity index (χ2n) is 9.41. The lowest BCUT2D eigenvalue weighted by molar-refractivity contribution is -0.276. The Morgan fingerprint density at radius 1 is 0.806 bits per heavy atom. The van der Waals surface area contributed by atoms with Gasteiger partial charge in [0, 0.05) is 0 Å². The lowest BCUT2D eigenvalue weighted by Gasteiger charge is -2.32. The van der Waals surface area contributed by atoms with Gasteiger partial charge in [0.25, 0.3) is 0 Å². The highest BCUT2D eigenvalue weighted by Crippen LogP contribution is 2.41. The fraction of sp³-hybridized carbons (Fsp3) is 0.680. The molecule has 2 aliphatic rings. The second-order valence-corrected chi connectivity index (χ2v) is 9.41. The van der Waals surface area contributed by atoms with Crippen molar-refractivity contribution in [2.24, 2.45) is 17.8 Å². The summed E-state index contributed by atoms with van der Waals surface area (Å²) < 4.78 is 68.5. The number of alkyl halides is 3.